The minimum absolute atomic E-state index is 0.0698. The zero-order chi connectivity index (χ0) is 21.4. The fourth-order valence-electron chi connectivity index (χ4n) is 4.12. The number of nitrogens with two attached hydrogens (primary N) is 1. The molecule has 0 spiro atoms. The zero-order valence-electron chi connectivity index (χ0n) is 17.0. The normalized spacial score (nSPS) is 14.8. The molecule has 0 radical (unpaired) electrons. The van der Waals surface area contributed by atoms with Gasteiger partial charge in [-0.2, -0.15) is 5.10 Å². The summed E-state index contributed by atoms with van der Waals surface area (Å²) < 4.78 is 5.38. The number of pyridine rings is 1. The van der Waals surface area contributed by atoms with Crippen LogP contribution in [0.15, 0.2) is 54.9 Å². The third-order valence-electron chi connectivity index (χ3n) is 5.68. The van der Waals surface area contributed by atoms with Gasteiger partial charge >= 0.3 is 0 Å². The number of H-pyrrole nitrogens is 1. The number of nitrogens with one attached hydrogen (secondary N) is 3. The number of benzene rings is 2. The predicted molar refractivity (Wildman–Crippen MR) is 119 cm³/mol. The minimum atomic E-state index is -0.178. The Hall–Kier alpha value is -4.07. The number of nitrogen functional groups attached to an aromatic ring is 1. The van der Waals surface area contributed by atoms with Crippen LogP contribution in [-0.2, 0) is 6.54 Å². The number of aromatic nitrogens is 3. The SMILES string of the molecule is COc1ccccc1CNC(=O)c1cc(C2CNc3cnc(N)cc32)cc2cn[nH]c12. The number of rotatable bonds is 5. The number of fused-ring (bicyclic) bond motifs is 2. The van der Waals surface area contributed by atoms with Crippen LogP contribution < -0.4 is 21.1 Å². The van der Waals surface area contributed by atoms with Crippen molar-refractivity contribution in [1.82, 2.24) is 20.5 Å². The lowest BCUT2D eigenvalue weighted by Crippen LogP contribution is -2.23. The van der Waals surface area contributed by atoms with Crippen LogP contribution in [0.3, 0.4) is 0 Å². The van der Waals surface area contributed by atoms with Gasteiger partial charge in [0.25, 0.3) is 5.91 Å². The fraction of sp³-hybridized carbons (Fsp3) is 0.174. The fourth-order valence-corrected chi connectivity index (χ4v) is 4.12. The van der Waals surface area contributed by atoms with Crippen LogP contribution >= 0.6 is 0 Å². The quantitative estimate of drug-likeness (QED) is 0.399. The highest BCUT2D eigenvalue weighted by Gasteiger charge is 2.26. The van der Waals surface area contributed by atoms with E-state index in [2.05, 4.69) is 31.9 Å². The summed E-state index contributed by atoms with van der Waals surface area (Å²) in [6.07, 6.45) is 3.49. The van der Waals surface area contributed by atoms with E-state index >= 15 is 0 Å². The number of methoxy groups -OCH3 is 1. The molecule has 1 unspecified atom stereocenters. The van der Waals surface area contributed by atoms with Crippen molar-refractivity contribution in [2.75, 3.05) is 24.7 Å². The van der Waals surface area contributed by atoms with Crippen molar-refractivity contribution in [3.63, 3.8) is 0 Å². The van der Waals surface area contributed by atoms with E-state index in [-0.39, 0.29) is 11.8 Å². The molecule has 1 atom stereocenters. The number of carbonyl (C=O) groups excluding carboxylic acids is 1. The van der Waals surface area contributed by atoms with Gasteiger partial charge in [-0.1, -0.05) is 18.2 Å². The molecular formula is C23H22N6O2. The molecular weight excluding hydrogens is 392 g/mol. The molecule has 0 saturated heterocycles. The highest BCUT2D eigenvalue weighted by molar-refractivity contribution is 6.05. The average molecular weight is 414 g/mol. The van der Waals surface area contributed by atoms with E-state index in [1.54, 1.807) is 19.5 Å². The van der Waals surface area contributed by atoms with Crippen LogP contribution in [0.25, 0.3) is 10.9 Å². The van der Waals surface area contributed by atoms with E-state index in [0.717, 1.165) is 33.5 Å². The van der Waals surface area contributed by atoms with Crippen molar-refractivity contribution in [3.8, 4) is 5.75 Å². The summed E-state index contributed by atoms with van der Waals surface area (Å²) in [6, 6.07) is 13.5. The van der Waals surface area contributed by atoms with E-state index in [4.69, 9.17) is 10.5 Å². The van der Waals surface area contributed by atoms with Gasteiger partial charge in [0.15, 0.2) is 0 Å². The second-order valence-corrected chi connectivity index (χ2v) is 7.53. The Kier molecular flexibility index (Phi) is 4.66. The lowest BCUT2D eigenvalue weighted by Gasteiger charge is -2.14. The molecule has 2 aromatic carbocycles. The van der Waals surface area contributed by atoms with Crippen molar-refractivity contribution < 1.29 is 9.53 Å². The molecule has 5 rings (SSSR count). The Bertz CT molecular complexity index is 1280. The number of hydrogen-bond donors (Lipinski definition) is 4. The molecule has 4 aromatic rings. The molecule has 0 bridgehead atoms. The first kappa shape index (κ1) is 18.9. The molecule has 1 aliphatic heterocycles. The first-order chi connectivity index (χ1) is 15.1. The van der Waals surface area contributed by atoms with Crippen LogP contribution in [0.5, 0.6) is 5.75 Å². The molecule has 156 valence electrons. The highest BCUT2D eigenvalue weighted by atomic mass is 16.5. The second kappa shape index (κ2) is 7.64. The molecule has 1 aliphatic rings. The molecule has 3 heterocycles. The van der Waals surface area contributed by atoms with Gasteiger partial charge < -0.3 is 21.1 Å². The number of para-hydroxylation sites is 1. The van der Waals surface area contributed by atoms with Crippen molar-refractivity contribution in [3.05, 3.63) is 77.1 Å². The largest absolute Gasteiger partial charge is 0.496 e. The lowest BCUT2D eigenvalue weighted by molar-refractivity contribution is 0.0952. The number of hydrogen-bond acceptors (Lipinski definition) is 6. The molecule has 0 aliphatic carbocycles. The number of anilines is 2. The summed E-state index contributed by atoms with van der Waals surface area (Å²) in [7, 11) is 1.62. The molecule has 0 fully saturated rings. The Labute approximate surface area is 178 Å². The Morgan fingerprint density at radius 2 is 2.13 bits per heavy atom. The standard InChI is InChI=1S/C23H22N6O2/c1-31-20-5-3-2-4-13(20)9-27-23(30)17-7-14(6-15-10-28-29-22(15)17)18-11-25-19-12-26-21(24)8-16(18)19/h2-8,10,12,18,25H,9,11H2,1H3,(H2,24,26)(H,27,30)(H,28,29). The van der Waals surface area contributed by atoms with Gasteiger partial charge in [-0.3, -0.25) is 9.89 Å². The van der Waals surface area contributed by atoms with Gasteiger partial charge in [0.1, 0.15) is 11.6 Å². The van der Waals surface area contributed by atoms with Crippen molar-refractivity contribution in [1.29, 1.82) is 0 Å². The highest BCUT2D eigenvalue weighted by Crippen LogP contribution is 2.38. The summed E-state index contributed by atoms with van der Waals surface area (Å²) in [5.74, 6) is 1.11. The summed E-state index contributed by atoms with van der Waals surface area (Å²) in [4.78, 5) is 17.3. The van der Waals surface area contributed by atoms with E-state index in [1.165, 1.54) is 0 Å². The predicted octanol–water partition coefficient (Wildman–Crippen LogP) is 3.04. The molecule has 1 amide bonds. The number of ether oxygens (including phenoxy) is 1. The molecule has 31 heavy (non-hydrogen) atoms. The first-order valence-corrected chi connectivity index (χ1v) is 10.0. The van der Waals surface area contributed by atoms with Gasteiger partial charge in [0, 0.05) is 30.0 Å². The van der Waals surface area contributed by atoms with E-state index < -0.39 is 0 Å². The number of nitrogens with zero attached hydrogens (tertiary/aromatic N) is 2. The summed E-state index contributed by atoms with van der Waals surface area (Å²) >= 11 is 0. The van der Waals surface area contributed by atoms with Gasteiger partial charge in [-0.25, -0.2) is 4.98 Å². The number of carbonyl (C=O) groups is 1. The number of amides is 1. The third-order valence-corrected chi connectivity index (χ3v) is 5.68. The van der Waals surface area contributed by atoms with Crippen LogP contribution in [0.2, 0.25) is 0 Å². The second-order valence-electron chi connectivity index (χ2n) is 7.53. The molecule has 8 heteroatoms. The summed E-state index contributed by atoms with van der Waals surface area (Å²) in [5.41, 5.74) is 11.2. The van der Waals surface area contributed by atoms with Gasteiger partial charge in [0.05, 0.1) is 36.3 Å². The Morgan fingerprint density at radius 1 is 1.26 bits per heavy atom. The van der Waals surface area contributed by atoms with Gasteiger partial charge in [-0.05, 0) is 35.4 Å². The third kappa shape index (κ3) is 3.42. The Balaban J connectivity index is 1.48. The minimum Gasteiger partial charge on any atom is -0.496 e. The van der Waals surface area contributed by atoms with Gasteiger partial charge in [-0.15, -0.1) is 0 Å². The van der Waals surface area contributed by atoms with Crippen molar-refractivity contribution in [2.45, 2.75) is 12.5 Å². The van der Waals surface area contributed by atoms with Gasteiger partial charge in [0.2, 0.25) is 0 Å². The smallest absolute Gasteiger partial charge is 0.253 e. The van der Waals surface area contributed by atoms with Crippen LogP contribution in [0.4, 0.5) is 11.5 Å². The Morgan fingerprint density at radius 3 is 3.00 bits per heavy atom. The van der Waals surface area contributed by atoms with Crippen molar-refractivity contribution in [2.24, 2.45) is 0 Å². The average Bonchev–Trinajstić information content (AvgIpc) is 3.43. The molecule has 8 nitrogen and oxygen atoms in total. The summed E-state index contributed by atoms with van der Waals surface area (Å²) in [5, 5.41) is 14.4. The molecule has 5 N–H and O–H groups in total. The summed E-state index contributed by atoms with van der Waals surface area (Å²) in [6.45, 7) is 1.07. The molecule has 2 aromatic heterocycles. The van der Waals surface area contributed by atoms with E-state index in [1.807, 2.05) is 36.4 Å². The maximum Gasteiger partial charge on any atom is 0.253 e. The van der Waals surface area contributed by atoms with Crippen LogP contribution in [0, 0.1) is 0 Å². The lowest BCUT2D eigenvalue weighted by atomic mass is 9.91. The van der Waals surface area contributed by atoms with E-state index in [0.29, 0.717) is 30.0 Å². The molecule has 0 saturated carbocycles. The van der Waals surface area contributed by atoms with E-state index in [9.17, 15) is 4.79 Å². The maximum absolute atomic E-state index is 13.2. The first-order valence-electron chi connectivity index (χ1n) is 10.0. The topological polar surface area (TPSA) is 118 Å². The van der Waals surface area contributed by atoms with Crippen LogP contribution in [-0.4, -0.2) is 34.7 Å². The maximum atomic E-state index is 13.2. The monoisotopic (exact) mass is 414 g/mol. The number of aromatic amines is 1. The van der Waals surface area contributed by atoms with Crippen molar-refractivity contribution >= 4 is 28.3 Å². The zero-order valence-corrected chi connectivity index (χ0v) is 17.0. The van der Waals surface area contributed by atoms with Crippen LogP contribution in [0.1, 0.15) is 33.0 Å².